The van der Waals surface area contributed by atoms with Crippen molar-refractivity contribution in [1.82, 2.24) is 30.0 Å². The van der Waals surface area contributed by atoms with Crippen molar-refractivity contribution in [2.24, 2.45) is 0 Å². The van der Waals surface area contributed by atoms with Gasteiger partial charge in [0.05, 0.1) is 0 Å². The Morgan fingerprint density at radius 2 is 2.11 bits per heavy atom. The lowest BCUT2D eigenvalue weighted by Gasteiger charge is -2.03. The van der Waals surface area contributed by atoms with E-state index in [9.17, 15) is 9.67 Å². The van der Waals surface area contributed by atoms with Crippen molar-refractivity contribution in [3.8, 4) is 17.3 Å². The van der Waals surface area contributed by atoms with E-state index in [1.807, 2.05) is 0 Å². The summed E-state index contributed by atoms with van der Waals surface area (Å²) in [6.45, 7) is 0. The molecule has 4 N–H and O–H groups in total. The molecular formula is C8H7N6O4P. The molecule has 19 heavy (non-hydrogen) atoms. The zero-order valence-corrected chi connectivity index (χ0v) is 10.1. The van der Waals surface area contributed by atoms with Crippen LogP contribution in [0.25, 0.3) is 17.2 Å². The summed E-state index contributed by atoms with van der Waals surface area (Å²) < 4.78 is 12.5. The number of nitrogens with zero attached hydrogens (tertiary/aromatic N) is 5. The lowest BCUT2D eigenvalue weighted by atomic mass is 10.3. The second-order valence-corrected chi connectivity index (χ2v) is 5.23. The summed E-state index contributed by atoms with van der Waals surface area (Å²) in [6.07, 6.45) is 1.13. The van der Waals surface area contributed by atoms with Gasteiger partial charge in [-0.1, -0.05) is 0 Å². The van der Waals surface area contributed by atoms with Crippen LogP contribution in [0.2, 0.25) is 0 Å². The zero-order chi connectivity index (χ0) is 13.6. The number of nitrogens with one attached hydrogen (secondary N) is 1. The van der Waals surface area contributed by atoms with E-state index in [0.29, 0.717) is 0 Å². The normalized spacial score (nSPS) is 12.1. The van der Waals surface area contributed by atoms with Crippen LogP contribution >= 0.6 is 7.60 Å². The fourth-order valence-corrected chi connectivity index (χ4v) is 2.17. The molecule has 0 aliphatic carbocycles. The third-order valence-corrected chi connectivity index (χ3v) is 3.27. The summed E-state index contributed by atoms with van der Waals surface area (Å²) in [5, 5.41) is 22.7. The molecular weight excluding hydrogens is 275 g/mol. The Hall–Kier alpha value is -2.29. The summed E-state index contributed by atoms with van der Waals surface area (Å²) in [5.41, 5.74) is 0.0176. The van der Waals surface area contributed by atoms with Crippen LogP contribution in [0, 0.1) is 0 Å². The number of aromatic nitrogens is 6. The lowest BCUT2D eigenvalue weighted by molar-refractivity contribution is 0.386. The first-order chi connectivity index (χ1) is 8.97. The topological polar surface area (TPSA) is 150 Å². The predicted molar refractivity (Wildman–Crippen MR) is 61.7 cm³/mol. The SMILES string of the molecule is O=P(O)(O)c1cn2c(-c3nnn[nH]3)c(O)ccc2n1. The van der Waals surface area contributed by atoms with Crippen LogP contribution in [0.5, 0.6) is 5.75 Å². The molecule has 0 bridgehead atoms. The zero-order valence-electron chi connectivity index (χ0n) is 9.17. The van der Waals surface area contributed by atoms with Crippen LogP contribution in [0.3, 0.4) is 0 Å². The first-order valence-corrected chi connectivity index (χ1v) is 6.59. The van der Waals surface area contributed by atoms with Crippen molar-refractivity contribution in [2.75, 3.05) is 0 Å². The maximum atomic E-state index is 11.2. The Balaban J connectivity index is 2.35. The molecule has 3 rings (SSSR count). The molecule has 0 spiro atoms. The van der Waals surface area contributed by atoms with E-state index in [2.05, 4.69) is 25.6 Å². The Morgan fingerprint density at radius 3 is 2.74 bits per heavy atom. The van der Waals surface area contributed by atoms with Gasteiger partial charge in [0, 0.05) is 6.20 Å². The monoisotopic (exact) mass is 282 g/mol. The Bertz CT molecular complexity index is 791. The molecule has 11 heteroatoms. The van der Waals surface area contributed by atoms with Crippen LogP contribution in [-0.4, -0.2) is 44.9 Å². The van der Waals surface area contributed by atoms with Gasteiger partial charge in [-0.05, 0) is 22.6 Å². The maximum Gasteiger partial charge on any atom is 0.376 e. The van der Waals surface area contributed by atoms with Crippen LogP contribution in [0.15, 0.2) is 18.3 Å². The summed E-state index contributed by atoms with van der Waals surface area (Å²) >= 11 is 0. The number of pyridine rings is 1. The van der Waals surface area contributed by atoms with Crippen LogP contribution < -0.4 is 5.44 Å². The number of imidazole rings is 1. The highest BCUT2D eigenvalue weighted by Crippen LogP contribution is 2.34. The van der Waals surface area contributed by atoms with E-state index in [1.54, 1.807) is 0 Å². The molecule has 0 radical (unpaired) electrons. The molecule has 98 valence electrons. The minimum absolute atomic E-state index is 0.151. The number of tetrazole rings is 1. The summed E-state index contributed by atoms with van der Waals surface area (Å²) in [7, 11) is -4.48. The highest BCUT2D eigenvalue weighted by Gasteiger charge is 2.23. The van der Waals surface area contributed by atoms with Gasteiger partial charge in [-0.3, -0.25) is 8.97 Å². The number of rotatable bonds is 2. The number of hydrogen-bond donors (Lipinski definition) is 4. The number of fused-ring (bicyclic) bond motifs is 1. The largest absolute Gasteiger partial charge is 0.506 e. The van der Waals surface area contributed by atoms with Gasteiger partial charge in [0.2, 0.25) is 0 Å². The van der Waals surface area contributed by atoms with E-state index in [1.165, 1.54) is 16.5 Å². The second-order valence-electron chi connectivity index (χ2n) is 3.69. The van der Waals surface area contributed by atoms with Gasteiger partial charge in [-0.25, -0.2) is 10.1 Å². The number of aromatic hydroxyl groups is 1. The van der Waals surface area contributed by atoms with Crippen LogP contribution in [0.1, 0.15) is 0 Å². The quantitative estimate of drug-likeness (QED) is 0.438. The molecule has 0 atom stereocenters. The molecule has 0 aliphatic heterocycles. The standard InChI is InChI=1S/C8H7N6O4P/c15-4-1-2-5-9-6(19(16,17)18)3-14(5)7(4)8-10-12-13-11-8/h1-3,15H,(H2,16,17,18)(H,10,11,12,13). The second kappa shape index (κ2) is 3.85. The van der Waals surface area contributed by atoms with Crippen LogP contribution in [0.4, 0.5) is 0 Å². The average Bonchev–Trinajstić information content (AvgIpc) is 2.94. The molecule has 3 aromatic heterocycles. The van der Waals surface area contributed by atoms with E-state index < -0.39 is 13.0 Å². The van der Waals surface area contributed by atoms with Gasteiger partial charge in [-0.15, -0.1) is 5.10 Å². The molecule has 0 saturated carbocycles. The van der Waals surface area contributed by atoms with Crippen molar-refractivity contribution in [2.45, 2.75) is 0 Å². The number of aromatic amines is 1. The summed E-state index contributed by atoms with van der Waals surface area (Å²) in [5.74, 6) is -0.00141. The van der Waals surface area contributed by atoms with Crippen LogP contribution in [-0.2, 0) is 4.57 Å². The van der Waals surface area contributed by atoms with Crippen molar-refractivity contribution in [3.63, 3.8) is 0 Å². The third kappa shape index (κ3) is 1.87. The minimum atomic E-state index is -4.48. The molecule has 0 fully saturated rings. The predicted octanol–water partition coefficient (Wildman–Crippen LogP) is -0.977. The third-order valence-electron chi connectivity index (χ3n) is 2.46. The van der Waals surface area contributed by atoms with E-state index >= 15 is 0 Å². The molecule has 0 saturated heterocycles. The van der Waals surface area contributed by atoms with Crippen molar-refractivity contribution < 1.29 is 19.5 Å². The van der Waals surface area contributed by atoms with Gasteiger partial charge >= 0.3 is 7.60 Å². The first kappa shape index (κ1) is 11.8. The molecule has 0 amide bonds. The minimum Gasteiger partial charge on any atom is -0.506 e. The Morgan fingerprint density at radius 1 is 1.32 bits per heavy atom. The van der Waals surface area contributed by atoms with Gasteiger partial charge in [0.1, 0.15) is 17.1 Å². The molecule has 3 aromatic rings. The maximum absolute atomic E-state index is 11.2. The smallest absolute Gasteiger partial charge is 0.376 e. The first-order valence-electron chi connectivity index (χ1n) is 4.98. The Labute approximate surface area is 104 Å². The van der Waals surface area contributed by atoms with E-state index in [-0.39, 0.29) is 22.9 Å². The Kier molecular flexibility index (Phi) is 2.39. The van der Waals surface area contributed by atoms with Crippen molar-refractivity contribution >= 4 is 18.7 Å². The highest BCUT2D eigenvalue weighted by molar-refractivity contribution is 7.60. The van der Waals surface area contributed by atoms with E-state index in [0.717, 1.165) is 6.20 Å². The van der Waals surface area contributed by atoms with Crippen molar-refractivity contribution in [3.05, 3.63) is 18.3 Å². The average molecular weight is 282 g/mol. The van der Waals surface area contributed by atoms with E-state index in [4.69, 9.17) is 9.79 Å². The lowest BCUT2D eigenvalue weighted by Crippen LogP contribution is -2.03. The van der Waals surface area contributed by atoms with Gasteiger partial charge in [0.25, 0.3) is 0 Å². The van der Waals surface area contributed by atoms with Gasteiger partial charge in [-0.2, -0.15) is 0 Å². The fraction of sp³-hybridized carbons (Fsp3) is 0. The summed E-state index contributed by atoms with van der Waals surface area (Å²) in [4.78, 5) is 22.0. The molecule has 10 nitrogen and oxygen atoms in total. The molecule has 0 unspecified atom stereocenters. The fourth-order valence-electron chi connectivity index (χ4n) is 1.67. The molecule has 0 aromatic carbocycles. The number of H-pyrrole nitrogens is 1. The molecule has 3 heterocycles. The summed E-state index contributed by atoms with van der Waals surface area (Å²) in [6, 6.07) is 2.76. The molecule has 0 aliphatic rings. The number of hydrogen-bond acceptors (Lipinski definition) is 6. The van der Waals surface area contributed by atoms with Gasteiger partial charge < -0.3 is 14.9 Å². The van der Waals surface area contributed by atoms with Crippen molar-refractivity contribution in [1.29, 1.82) is 0 Å². The van der Waals surface area contributed by atoms with Gasteiger partial charge in [0.15, 0.2) is 11.3 Å². The highest BCUT2D eigenvalue weighted by atomic mass is 31.2.